The van der Waals surface area contributed by atoms with Crippen LogP contribution in [0.5, 0.6) is 0 Å². The number of halogens is 2. The van der Waals surface area contributed by atoms with Gasteiger partial charge in [0.05, 0.1) is 0 Å². The zero-order valence-corrected chi connectivity index (χ0v) is 7.96. The van der Waals surface area contributed by atoms with Crippen molar-refractivity contribution in [3.8, 4) is 0 Å². The first kappa shape index (κ1) is 22.6. The largest absolute Gasteiger partial charge is 1.00 e. The molecule has 0 saturated carbocycles. The van der Waals surface area contributed by atoms with Crippen molar-refractivity contribution in [3.63, 3.8) is 0 Å². The molecular weight excluding hydrogens is 192 g/mol. The van der Waals surface area contributed by atoms with Crippen molar-refractivity contribution in [1.82, 2.24) is 0 Å². The molecule has 0 atom stereocenters. The van der Waals surface area contributed by atoms with Crippen LogP contribution in [0.1, 0.15) is 1.43 Å². The number of carboxylic acids is 1. The van der Waals surface area contributed by atoms with E-state index in [2.05, 4.69) is 4.65 Å². The van der Waals surface area contributed by atoms with Crippen LogP contribution >= 0.6 is 0 Å². The van der Waals surface area contributed by atoms with Gasteiger partial charge < -0.3 is 21.2 Å². The van der Waals surface area contributed by atoms with Gasteiger partial charge in [0.1, 0.15) is 0 Å². The summed E-state index contributed by atoms with van der Waals surface area (Å²) in [4.78, 5) is 19.3. The smallest absolute Gasteiger partial charge is 1.00 e. The number of rotatable bonds is 1. The molecule has 0 bridgehead atoms. The summed E-state index contributed by atoms with van der Waals surface area (Å²) in [6.45, 7) is 0. The van der Waals surface area contributed by atoms with E-state index in [1.165, 1.54) is 0 Å². The Morgan fingerprint density at radius 1 is 1.25 bits per heavy atom. The minimum absolute atomic E-state index is 0. The van der Waals surface area contributed by atoms with Crippen molar-refractivity contribution in [2.24, 2.45) is 0 Å². The van der Waals surface area contributed by atoms with Gasteiger partial charge >= 0.3 is 48.8 Å². The number of hydrogen-bond donors (Lipinski definition) is 3. The van der Waals surface area contributed by atoms with Gasteiger partial charge in [-0.1, -0.05) is 0 Å². The normalized spacial score (nSPS) is 6.17. The van der Waals surface area contributed by atoms with Crippen LogP contribution in [0.25, 0.3) is 0 Å². The molecule has 0 aromatic heterocycles. The molecule has 0 saturated heterocycles. The molecule has 6 nitrogen and oxygen atoms in total. The molecule has 0 unspecified atom stereocenters. The van der Waals surface area contributed by atoms with Gasteiger partial charge in [0, 0.05) is 0 Å². The van der Waals surface area contributed by atoms with E-state index in [1.54, 1.807) is 0 Å². The second kappa shape index (κ2) is 10.8. The second-order valence-corrected chi connectivity index (χ2v) is 1.04. The minimum atomic E-state index is -2.37. The van der Waals surface area contributed by atoms with Crippen molar-refractivity contribution in [2.45, 2.75) is 0 Å². The molecule has 0 fully saturated rings. The molecule has 3 N–H and O–H groups in total. The molecule has 0 aliphatic heterocycles. The van der Waals surface area contributed by atoms with Crippen molar-refractivity contribution >= 4 is 19.3 Å². The molecule has 0 aliphatic rings. The maximum Gasteiger partial charge on any atom is 1.00 e. The maximum atomic E-state index is 9.81. The molecule has 10 heteroatoms. The van der Waals surface area contributed by atoms with Gasteiger partial charge in [-0.15, -0.1) is 0 Å². The minimum Gasteiger partial charge on any atom is -1.00 e. The Kier molecular flexibility index (Phi) is 20.3. The van der Waals surface area contributed by atoms with Crippen LogP contribution in [-0.4, -0.2) is 34.4 Å². The predicted octanol–water partition coefficient (Wildman–Crippen LogP) is -4.99. The first-order chi connectivity index (χ1) is 4.04. The van der Waals surface area contributed by atoms with E-state index in [-0.39, 0.29) is 40.4 Å². The van der Waals surface area contributed by atoms with E-state index in [1.807, 2.05) is 0 Å². The molecule has 0 radical (unpaired) electrons. The Balaban J connectivity index is -0.0000000533. The quantitative estimate of drug-likeness (QED) is 0.288. The van der Waals surface area contributed by atoms with Crippen LogP contribution in [0.3, 0.4) is 0 Å². The third-order valence-corrected chi connectivity index (χ3v) is 0.387. The Hall–Kier alpha value is -0.215. The van der Waals surface area contributed by atoms with Gasteiger partial charge in [0.15, 0.2) is 0 Å². The third kappa shape index (κ3) is 12.5. The molecule has 0 aromatic rings. The number of carbonyl (C=O) groups excluding carboxylic acids is 1. The van der Waals surface area contributed by atoms with Crippen LogP contribution in [0.15, 0.2) is 0 Å². The molecule has 0 rings (SSSR count). The molecule has 0 aliphatic carbocycles. The van der Waals surface area contributed by atoms with E-state index >= 15 is 0 Å². The summed E-state index contributed by atoms with van der Waals surface area (Å²) in [5, 5.41) is 23.4. The fraction of sp³-hybridized carbons (Fsp3) is 0. The van der Waals surface area contributed by atoms with Crippen LogP contribution < -0.4 is 29.6 Å². The molecule has 0 spiro atoms. The average molecular weight is 198 g/mol. The Bertz CT molecular complexity index is 147. The fourth-order valence-electron chi connectivity index (χ4n) is 0.146. The van der Waals surface area contributed by atoms with Crippen LogP contribution in [0.4, 0.5) is 9.41 Å². The van der Waals surface area contributed by atoms with Gasteiger partial charge in [-0.2, -0.15) is 0 Å². The zero-order valence-electron chi connectivity index (χ0n) is 6.96. The average Bonchev–Trinajstić information content (AvgIpc) is 1.63. The van der Waals surface area contributed by atoms with E-state index < -0.39 is 19.3 Å². The van der Waals surface area contributed by atoms with Crippen molar-refractivity contribution < 1.29 is 69.8 Å². The predicted molar refractivity (Wildman–Crippen MR) is 30.0 cm³/mol. The Labute approximate surface area is 89.2 Å². The van der Waals surface area contributed by atoms with Crippen LogP contribution in [-0.2, 0) is 14.2 Å². The van der Waals surface area contributed by atoms with Crippen LogP contribution in [0, 0.1) is 0 Å². The standard InChI is InChI=1S/C2H3BO6.2FH.Na.H/c4-1(5)2(6)9-3(7)8;;;;/h7-8H,(H,4,5);2*1H;;/q;;;+1;-1. The number of aliphatic carboxylic acids is 1. The summed E-state index contributed by atoms with van der Waals surface area (Å²) in [5.41, 5.74) is 0. The zero-order chi connectivity index (χ0) is 7.44. The van der Waals surface area contributed by atoms with E-state index in [4.69, 9.17) is 15.2 Å². The first-order valence-corrected chi connectivity index (χ1v) is 1.84. The molecule has 0 aromatic carbocycles. The van der Waals surface area contributed by atoms with Crippen LogP contribution in [0.2, 0.25) is 0 Å². The number of carboxylic acid groups (broad SMARTS) is 1. The number of carbonyl (C=O) groups is 2. The Morgan fingerprint density at radius 3 is 1.67 bits per heavy atom. The molecule has 68 valence electrons. The van der Waals surface area contributed by atoms with Crippen molar-refractivity contribution in [1.29, 1.82) is 0 Å². The number of hydrogen-bond acceptors (Lipinski definition) is 5. The summed E-state index contributed by atoms with van der Waals surface area (Å²) in [6.07, 6.45) is 0. The van der Waals surface area contributed by atoms with Gasteiger partial charge in [-0.25, -0.2) is 9.59 Å². The van der Waals surface area contributed by atoms with Gasteiger partial charge in [-0.05, 0) is 0 Å². The summed E-state index contributed by atoms with van der Waals surface area (Å²) in [6, 6.07) is 0. The first-order valence-electron chi connectivity index (χ1n) is 1.84. The summed E-state index contributed by atoms with van der Waals surface area (Å²) < 4.78 is 3.38. The topological polar surface area (TPSA) is 104 Å². The second-order valence-electron chi connectivity index (χ2n) is 1.04. The molecular formula is C2H6BF2NaO6. The van der Waals surface area contributed by atoms with E-state index in [9.17, 15) is 9.59 Å². The summed E-state index contributed by atoms with van der Waals surface area (Å²) in [7, 11) is -2.37. The third-order valence-electron chi connectivity index (χ3n) is 0.387. The Morgan fingerprint density at radius 2 is 1.58 bits per heavy atom. The molecule has 0 heterocycles. The van der Waals surface area contributed by atoms with Crippen molar-refractivity contribution in [2.75, 3.05) is 0 Å². The van der Waals surface area contributed by atoms with E-state index in [0.29, 0.717) is 0 Å². The van der Waals surface area contributed by atoms with Gasteiger partial charge in [0.2, 0.25) is 0 Å². The summed E-state index contributed by atoms with van der Waals surface area (Å²) in [5.74, 6) is -3.58. The fourth-order valence-corrected chi connectivity index (χ4v) is 0.146. The van der Waals surface area contributed by atoms with E-state index in [0.717, 1.165) is 0 Å². The SMILES string of the molecule is F.F.O=C(O)C(=O)OB(O)O.[H-].[Na+]. The molecule has 12 heavy (non-hydrogen) atoms. The monoisotopic (exact) mass is 198 g/mol. The van der Waals surface area contributed by atoms with Gasteiger partial charge in [0.25, 0.3) is 0 Å². The maximum absolute atomic E-state index is 9.81. The molecule has 0 amide bonds. The summed E-state index contributed by atoms with van der Waals surface area (Å²) >= 11 is 0. The van der Waals surface area contributed by atoms with Gasteiger partial charge in [-0.3, -0.25) is 9.41 Å². The van der Waals surface area contributed by atoms with Crippen molar-refractivity contribution in [3.05, 3.63) is 0 Å².